The zero-order chi connectivity index (χ0) is 35.8. The molecule has 252 valence electrons. The molecular weight excluding hydrogens is 651 g/mol. The molecule has 0 aliphatic carbocycles. The second-order valence-electron chi connectivity index (χ2n) is 13.8. The minimum Gasteiger partial charge on any atom is -0.256 e. The Morgan fingerprint density at radius 2 is 0.648 bits per heavy atom. The number of hydrogen-bond acceptors (Lipinski definition) is 1. The van der Waals surface area contributed by atoms with Gasteiger partial charge in [-0.15, -0.1) is 0 Å². The summed E-state index contributed by atoms with van der Waals surface area (Å²) in [7, 11) is 0. The van der Waals surface area contributed by atoms with Gasteiger partial charge in [-0.05, 0) is 95.7 Å². The number of nitrogens with zero attached hydrogens (tertiary/aromatic N) is 1. The molecule has 0 aliphatic heterocycles. The van der Waals surface area contributed by atoms with E-state index in [1.807, 2.05) is 0 Å². The highest BCUT2D eigenvalue weighted by molar-refractivity contribution is 6.27. The van der Waals surface area contributed by atoms with Crippen molar-refractivity contribution in [2.75, 3.05) is 0 Å². The van der Waals surface area contributed by atoms with Crippen LogP contribution in [0.15, 0.2) is 212 Å². The van der Waals surface area contributed by atoms with E-state index >= 15 is 0 Å². The Morgan fingerprint density at radius 3 is 1.15 bits per heavy atom. The fraction of sp³-hybridized carbons (Fsp3) is 0. The van der Waals surface area contributed by atoms with Gasteiger partial charge in [0.05, 0.1) is 5.52 Å². The number of pyridine rings is 1. The lowest BCUT2D eigenvalue weighted by molar-refractivity contribution is 1.45. The van der Waals surface area contributed by atoms with Crippen LogP contribution < -0.4 is 0 Å². The van der Waals surface area contributed by atoms with Gasteiger partial charge in [-0.1, -0.05) is 188 Å². The SMILES string of the molecule is c1ccc(-c2ccc(-c3c4ccccc4c(-c4ccc(-c5ccccc5)c(-c5ccccc5)c4)c4c3cnc3ccccc34)cc2-c2ccccc2)cc1. The van der Waals surface area contributed by atoms with Crippen LogP contribution in [0.25, 0.3) is 99.2 Å². The van der Waals surface area contributed by atoms with E-state index in [1.165, 1.54) is 82.9 Å². The summed E-state index contributed by atoms with van der Waals surface area (Å²) in [5, 5.41) is 5.93. The molecule has 0 N–H and O–H groups in total. The maximum absolute atomic E-state index is 5.10. The summed E-state index contributed by atoms with van der Waals surface area (Å²) in [6.45, 7) is 0. The molecule has 1 heteroatoms. The summed E-state index contributed by atoms with van der Waals surface area (Å²) in [5.74, 6) is 0. The third-order valence-electron chi connectivity index (χ3n) is 10.7. The number of hydrogen-bond donors (Lipinski definition) is 0. The van der Waals surface area contributed by atoms with Gasteiger partial charge < -0.3 is 0 Å². The molecular formula is C53H35N. The molecule has 0 radical (unpaired) electrons. The van der Waals surface area contributed by atoms with Crippen LogP contribution in [0.4, 0.5) is 0 Å². The van der Waals surface area contributed by atoms with Crippen molar-refractivity contribution in [1.82, 2.24) is 4.98 Å². The standard InChI is InChI=1S/C53H35N/c1-5-17-36(18-6-1)42-31-29-40(33-47(42)38-21-9-3-10-22-38)51-44-25-13-14-26-45(44)52(53-46-27-15-16-28-50(46)54-35-49(51)53)41-30-32-43(37-19-7-2-8-20-37)48(34-41)39-23-11-4-12-24-39/h1-35H. The van der Waals surface area contributed by atoms with Crippen LogP contribution in [0.1, 0.15) is 0 Å². The molecule has 1 nitrogen and oxygen atoms in total. The first kappa shape index (κ1) is 31.6. The molecule has 1 heterocycles. The van der Waals surface area contributed by atoms with E-state index < -0.39 is 0 Å². The quantitative estimate of drug-likeness (QED) is 0.125. The third-order valence-corrected chi connectivity index (χ3v) is 10.7. The number of rotatable bonds is 6. The first-order valence-corrected chi connectivity index (χ1v) is 18.5. The van der Waals surface area contributed by atoms with Crippen LogP contribution in [-0.4, -0.2) is 4.98 Å². The summed E-state index contributed by atoms with van der Waals surface area (Å²) in [6.07, 6.45) is 2.10. The van der Waals surface area contributed by atoms with E-state index in [1.54, 1.807) is 0 Å². The topological polar surface area (TPSA) is 12.9 Å². The van der Waals surface area contributed by atoms with E-state index in [0.717, 1.165) is 16.3 Å². The van der Waals surface area contributed by atoms with Crippen LogP contribution in [0.5, 0.6) is 0 Å². The summed E-state index contributed by atoms with van der Waals surface area (Å²) in [5.41, 5.74) is 15.4. The zero-order valence-corrected chi connectivity index (χ0v) is 29.7. The molecule has 0 aliphatic rings. The second kappa shape index (κ2) is 13.5. The van der Waals surface area contributed by atoms with Crippen molar-refractivity contribution in [2.24, 2.45) is 0 Å². The van der Waals surface area contributed by atoms with E-state index in [9.17, 15) is 0 Å². The van der Waals surface area contributed by atoms with E-state index in [0.29, 0.717) is 0 Å². The molecule has 0 bridgehead atoms. The Balaban J connectivity index is 1.30. The number of fused-ring (bicyclic) bond motifs is 4. The molecule has 10 aromatic rings. The highest BCUT2D eigenvalue weighted by atomic mass is 14.7. The van der Waals surface area contributed by atoms with Crippen molar-refractivity contribution in [1.29, 1.82) is 0 Å². The van der Waals surface area contributed by atoms with Crippen LogP contribution >= 0.6 is 0 Å². The minimum atomic E-state index is 0.987. The van der Waals surface area contributed by atoms with Gasteiger partial charge in [0.25, 0.3) is 0 Å². The Hall–Kier alpha value is -7.09. The number of benzene rings is 9. The van der Waals surface area contributed by atoms with Gasteiger partial charge in [-0.3, -0.25) is 4.98 Å². The molecule has 54 heavy (non-hydrogen) atoms. The lowest BCUT2D eigenvalue weighted by Crippen LogP contribution is -1.95. The zero-order valence-electron chi connectivity index (χ0n) is 29.7. The molecule has 0 saturated heterocycles. The van der Waals surface area contributed by atoms with E-state index in [2.05, 4.69) is 212 Å². The van der Waals surface area contributed by atoms with Gasteiger partial charge >= 0.3 is 0 Å². The number of para-hydroxylation sites is 1. The van der Waals surface area contributed by atoms with Gasteiger partial charge in [0.15, 0.2) is 0 Å². The molecule has 0 unspecified atom stereocenters. The highest BCUT2D eigenvalue weighted by Crippen LogP contribution is 2.48. The molecule has 9 aromatic carbocycles. The monoisotopic (exact) mass is 685 g/mol. The Kier molecular flexibility index (Phi) is 7.89. The lowest BCUT2D eigenvalue weighted by atomic mass is 9.82. The Labute approximate surface area is 315 Å². The first-order valence-electron chi connectivity index (χ1n) is 18.5. The van der Waals surface area contributed by atoms with Gasteiger partial charge in [0.1, 0.15) is 0 Å². The summed E-state index contributed by atoms with van der Waals surface area (Å²) in [6, 6.07) is 74.5. The normalized spacial score (nSPS) is 11.3. The van der Waals surface area contributed by atoms with Crippen molar-refractivity contribution in [2.45, 2.75) is 0 Å². The van der Waals surface area contributed by atoms with Crippen molar-refractivity contribution < 1.29 is 0 Å². The van der Waals surface area contributed by atoms with Gasteiger partial charge in [0.2, 0.25) is 0 Å². The highest BCUT2D eigenvalue weighted by Gasteiger charge is 2.21. The maximum atomic E-state index is 5.10. The molecule has 0 fully saturated rings. The van der Waals surface area contributed by atoms with Crippen LogP contribution in [0.3, 0.4) is 0 Å². The summed E-state index contributed by atoms with van der Waals surface area (Å²) in [4.78, 5) is 5.10. The summed E-state index contributed by atoms with van der Waals surface area (Å²) < 4.78 is 0. The van der Waals surface area contributed by atoms with Crippen LogP contribution in [0, 0.1) is 0 Å². The molecule has 0 saturated carbocycles. The molecule has 10 rings (SSSR count). The fourth-order valence-electron chi connectivity index (χ4n) is 8.26. The van der Waals surface area contributed by atoms with E-state index in [4.69, 9.17) is 4.98 Å². The maximum Gasteiger partial charge on any atom is 0.0708 e. The average Bonchev–Trinajstić information content (AvgIpc) is 3.26. The van der Waals surface area contributed by atoms with Crippen molar-refractivity contribution >= 4 is 32.4 Å². The first-order chi connectivity index (χ1) is 26.8. The van der Waals surface area contributed by atoms with Crippen molar-refractivity contribution in [3.8, 4) is 66.8 Å². The van der Waals surface area contributed by atoms with Crippen molar-refractivity contribution in [3.05, 3.63) is 212 Å². The van der Waals surface area contributed by atoms with Crippen LogP contribution in [-0.2, 0) is 0 Å². The lowest BCUT2D eigenvalue weighted by Gasteiger charge is -2.21. The van der Waals surface area contributed by atoms with Gasteiger partial charge in [-0.25, -0.2) is 0 Å². The Morgan fingerprint density at radius 1 is 0.259 bits per heavy atom. The predicted octanol–water partition coefficient (Wildman–Crippen LogP) is 14.5. The van der Waals surface area contributed by atoms with Crippen molar-refractivity contribution in [3.63, 3.8) is 0 Å². The fourth-order valence-corrected chi connectivity index (χ4v) is 8.26. The van der Waals surface area contributed by atoms with Gasteiger partial charge in [-0.2, -0.15) is 0 Å². The minimum absolute atomic E-state index is 0.987. The predicted molar refractivity (Wildman–Crippen MR) is 229 cm³/mol. The average molecular weight is 686 g/mol. The summed E-state index contributed by atoms with van der Waals surface area (Å²) >= 11 is 0. The molecule has 0 amide bonds. The molecule has 1 aromatic heterocycles. The van der Waals surface area contributed by atoms with Crippen LogP contribution in [0.2, 0.25) is 0 Å². The second-order valence-corrected chi connectivity index (χ2v) is 13.8. The Bertz CT molecular complexity index is 2950. The smallest absolute Gasteiger partial charge is 0.0708 e. The number of aromatic nitrogens is 1. The largest absolute Gasteiger partial charge is 0.256 e. The molecule has 0 spiro atoms. The van der Waals surface area contributed by atoms with E-state index in [-0.39, 0.29) is 0 Å². The van der Waals surface area contributed by atoms with Gasteiger partial charge in [0, 0.05) is 22.4 Å². The third kappa shape index (κ3) is 5.46. The molecule has 0 atom stereocenters.